The Bertz CT molecular complexity index is 554. The number of aryl methyl sites for hydroxylation is 1. The molecule has 6 heteroatoms. The van der Waals surface area contributed by atoms with Gasteiger partial charge in [-0.3, -0.25) is 4.79 Å². The zero-order valence-corrected chi connectivity index (χ0v) is 12.8. The van der Waals surface area contributed by atoms with E-state index in [1.807, 2.05) is 0 Å². The Hall–Kier alpha value is -2.11. The number of oxime groups is 1. The van der Waals surface area contributed by atoms with E-state index in [4.69, 9.17) is 10.6 Å². The van der Waals surface area contributed by atoms with Crippen molar-refractivity contribution in [2.45, 2.75) is 45.1 Å². The van der Waals surface area contributed by atoms with Crippen molar-refractivity contribution >= 4 is 11.7 Å². The molecule has 1 amide bonds. The summed E-state index contributed by atoms with van der Waals surface area (Å²) in [5.74, 6) is -0.520. The van der Waals surface area contributed by atoms with Gasteiger partial charge in [0.2, 0.25) is 0 Å². The summed E-state index contributed by atoms with van der Waals surface area (Å²) in [6.45, 7) is 1.48. The summed E-state index contributed by atoms with van der Waals surface area (Å²) in [6.07, 6.45) is 5.56. The third kappa shape index (κ3) is 4.72. The molecule has 2 rings (SSSR count). The van der Waals surface area contributed by atoms with Gasteiger partial charge in [-0.05, 0) is 31.4 Å². The molecular weight excluding hydrogens is 285 g/mol. The minimum atomic E-state index is -0.356. The smallest absolute Gasteiger partial charge is 0.260 e. The number of nitrogens with two attached hydrogens (primary N) is 1. The maximum absolute atomic E-state index is 13.4. The highest BCUT2D eigenvalue weighted by Crippen LogP contribution is 2.17. The fraction of sp³-hybridized carbons (Fsp3) is 0.500. The molecule has 1 aromatic rings. The number of rotatable bonds is 5. The van der Waals surface area contributed by atoms with Gasteiger partial charge >= 0.3 is 0 Å². The molecule has 1 aliphatic carbocycles. The Balaban J connectivity index is 1.80. The molecule has 0 saturated heterocycles. The molecule has 0 aromatic heterocycles. The van der Waals surface area contributed by atoms with E-state index in [0.717, 1.165) is 25.7 Å². The van der Waals surface area contributed by atoms with Crippen molar-refractivity contribution in [3.05, 3.63) is 35.1 Å². The summed E-state index contributed by atoms with van der Waals surface area (Å²) in [5, 5.41) is 6.58. The molecule has 0 radical (unpaired) electrons. The summed E-state index contributed by atoms with van der Waals surface area (Å²) in [7, 11) is 0. The highest BCUT2D eigenvalue weighted by Gasteiger charge is 2.15. The first-order chi connectivity index (χ1) is 10.6. The normalized spacial score (nSPS) is 16.4. The van der Waals surface area contributed by atoms with Crippen LogP contribution < -0.4 is 11.1 Å². The molecule has 0 spiro atoms. The van der Waals surface area contributed by atoms with Crippen LogP contribution in [0.15, 0.2) is 23.4 Å². The summed E-state index contributed by atoms with van der Waals surface area (Å²) in [5.41, 5.74) is 6.67. The highest BCUT2D eigenvalue weighted by atomic mass is 19.1. The Kier molecular flexibility index (Phi) is 5.75. The summed E-state index contributed by atoms with van der Waals surface area (Å²) in [6, 6.07) is 4.79. The Morgan fingerprint density at radius 1 is 1.41 bits per heavy atom. The predicted octanol–water partition coefficient (Wildman–Crippen LogP) is 2.22. The van der Waals surface area contributed by atoms with Gasteiger partial charge < -0.3 is 15.9 Å². The van der Waals surface area contributed by atoms with Crippen LogP contribution in [0.1, 0.15) is 43.2 Å². The minimum Gasteiger partial charge on any atom is -0.384 e. The van der Waals surface area contributed by atoms with Crippen molar-refractivity contribution in [3.63, 3.8) is 0 Å². The van der Waals surface area contributed by atoms with Gasteiger partial charge in [0.25, 0.3) is 5.91 Å². The van der Waals surface area contributed by atoms with Crippen LogP contribution in [0, 0.1) is 12.7 Å². The third-order valence-electron chi connectivity index (χ3n) is 3.80. The fourth-order valence-electron chi connectivity index (χ4n) is 2.48. The van der Waals surface area contributed by atoms with Gasteiger partial charge in [-0.25, -0.2) is 4.39 Å². The maximum atomic E-state index is 13.4. The first-order valence-electron chi connectivity index (χ1n) is 7.57. The number of carbonyl (C=O) groups excluding carboxylic acids is 1. The van der Waals surface area contributed by atoms with E-state index in [2.05, 4.69) is 10.5 Å². The lowest BCUT2D eigenvalue weighted by Gasteiger charge is -2.22. The van der Waals surface area contributed by atoms with Crippen LogP contribution in [-0.4, -0.2) is 24.4 Å². The SMILES string of the molecule is Cc1ccc(/C(N)=N/OCC(=O)NC2CCCCC2)cc1F. The number of nitrogens with zero attached hydrogens (tertiary/aromatic N) is 1. The van der Waals surface area contributed by atoms with E-state index in [1.165, 1.54) is 12.5 Å². The zero-order chi connectivity index (χ0) is 15.9. The van der Waals surface area contributed by atoms with E-state index in [0.29, 0.717) is 11.1 Å². The Morgan fingerprint density at radius 3 is 2.82 bits per heavy atom. The second-order valence-corrected chi connectivity index (χ2v) is 5.62. The number of hydrogen-bond donors (Lipinski definition) is 2. The topological polar surface area (TPSA) is 76.7 Å². The molecule has 120 valence electrons. The maximum Gasteiger partial charge on any atom is 0.260 e. The summed E-state index contributed by atoms with van der Waals surface area (Å²) in [4.78, 5) is 16.7. The molecule has 22 heavy (non-hydrogen) atoms. The molecule has 1 saturated carbocycles. The van der Waals surface area contributed by atoms with Crippen molar-refractivity contribution in [1.82, 2.24) is 5.32 Å². The monoisotopic (exact) mass is 307 g/mol. The van der Waals surface area contributed by atoms with Gasteiger partial charge in [0.05, 0.1) is 0 Å². The first-order valence-corrected chi connectivity index (χ1v) is 7.57. The van der Waals surface area contributed by atoms with Crippen molar-refractivity contribution < 1.29 is 14.0 Å². The molecule has 3 N–H and O–H groups in total. The predicted molar refractivity (Wildman–Crippen MR) is 82.8 cm³/mol. The number of amides is 1. The molecule has 1 aliphatic rings. The van der Waals surface area contributed by atoms with Crippen LogP contribution in [0.2, 0.25) is 0 Å². The second kappa shape index (κ2) is 7.77. The Morgan fingerprint density at radius 2 is 2.14 bits per heavy atom. The average molecular weight is 307 g/mol. The van der Waals surface area contributed by atoms with E-state index < -0.39 is 0 Å². The van der Waals surface area contributed by atoms with Crippen molar-refractivity contribution in [1.29, 1.82) is 0 Å². The lowest BCUT2D eigenvalue weighted by Crippen LogP contribution is -2.38. The number of hydrogen-bond acceptors (Lipinski definition) is 3. The number of benzene rings is 1. The van der Waals surface area contributed by atoms with Crippen LogP contribution in [0.4, 0.5) is 4.39 Å². The van der Waals surface area contributed by atoms with Crippen LogP contribution in [0.5, 0.6) is 0 Å². The van der Waals surface area contributed by atoms with E-state index >= 15 is 0 Å². The molecule has 0 bridgehead atoms. The molecule has 0 aliphatic heterocycles. The molecule has 5 nitrogen and oxygen atoms in total. The third-order valence-corrected chi connectivity index (χ3v) is 3.80. The van der Waals surface area contributed by atoms with Crippen LogP contribution in [0.3, 0.4) is 0 Å². The van der Waals surface area contributed by atoms with Gasteiger partial charge in [0.15, 0.2) is 12.4 Å². The van der Waals surface area contributed by atoms with Crippen LogP contribution in [0.25, 0.3) is 0 Å². The van der Waals surface area contributed by atoms with Gasteiger partial charge in [0.1, 0.15) is 5.82 Å². The standard InChI is InChI=1S/C16H22FN3O2/c1-11-7-8-12(9-14(11)17)16(18)20-22-10-15(21)19-13-5-3-2-4-6-13/h7-9,13H,2-6,10H2,1H3,(H2,18,20)(H,19,21). The molecule has 1 fully saturated rings. The summed E-state index contributed by atoms with van der Waals surface area (Å²) >= 11 is 0. The van der Waals surface area contributed by atoms with Crippen molar-refractivity contribution in [2.75, 3.05) is 6.61 Å². The van der Waals surface area contributed by atoms with Gasteiger partial charge in [-0.15, -0.1) is 0 Å². The molecular formula is C16H22FN3O2. The Labute approximate surface area is 129 Å². The molecule has 1 aromatic carbocycles. The van der Waals surface area contributed by atoms with Crippen molar-refractivity contribution in [2.24, 2.45) is 10.9 Å². The lowest BCUT2D eigenvalue weighted by atomic mass is 9.95. The highest BCUT2D eigenvalue weighted by molar-refractivity contribution is 5.97. The van der Waals surface area contributed by atoms with Gasteiger partial charge in [0, 0.05) is 11.6 Å². The first kappa shape index (κ1) is 16.3. The van der Waals surface area contributed by atoms with Gasteiger partial charge in [-0.1, -0.05) is 36.6 Å². The number of carbonyl (C=O) groups is 1. The number of nitrogens with one attached hydrogen (secondary N) is 1. The average Bonchev–Trinajstić information content (AvgIpc) is 2.51. The quantitative estimate of drug-likeness (QED) is 0.497. The lowest BCUT2D eigenvalue weighted by molar-refractivity contribution is -0.126. The largest absolute Gasteiger partial charge is 0.384 e. The number of amidine groups is 1. The van der Waals surface area contributed by atoms with Crippen LogP contribution in [-0.2, 0) is 9.63 Å². The van der Waals surface area contributed by atoms with Crippen molar-refractivity contribution in [3.8, 4) is 0 Å². The summed E-state index contributed by atoms with van der Waals surface area (Å²) < 4.78 is 13.4. The van der Waals surface area contributed by atoms with Gasteiger partial charge in [-0.2, -0.15) is 0 Å². The molecule has 0 atom stereocenters. The van der Waals surface area contributed by atoms with E-state index in [9.17, 15) is 9.18 Å². The van der Waals surface area contributed by atoms with Crippen LogP contribution >= 0.6 is 0 Å². The van der Waals surface area contributed by atoms with E-state index in [1.54, 1.807) is 19.1 Å². The molecule has 0 heterocycles. The minimum absolute atomic E-state index is 0.0457. The molecule has 0 unspecified atom stereocenters. The zero-order valence-electron chi connectivity index (χ0n) is 12.8. The second-order valence-electron chi connectivity index (χ2n) is 5.62. The number of halogens is 1. The fourth-order valence-corrected chi connectivity index (χ4v) is 2.48. The van der Waals surface area contributed by atoms with E-state index in [-0.39, 0.29) is 30.2 Å².